The van der Waals surface area contributed by atoms with E-state index >= 15 is 0 Å². The molecule has 0 aliphatic rings. The van der Waals surface area contributed by atoms with Gasteiger partial charge in [0, 0.05) is 0 Å². The molecule has 0 heterocycles. The quantitative estimate of drug-likeness (QED) is 0.404. The lowest BCUT2D eigenvalue weighted by Crippen LogP contribution is -2.09. The lowest BCUT2D eigenvalue weighted by molar-refractivity contribution is -0.241. The van der Waals surface area contributed by atoms with Gasteiger partial charge in [0.15, 0.2) is 0 Å². The van der Waals surface area contributed by atoms with Gasteiger partial charge in [-0.1, -0.05) is 31.9 Å². The first-order valence-corrected chi connectivity index (χ1v) is 6.35. The molecular weight excluding hydrogens is 232 g/mol. The van der Waals surface area contributed by atoms with Crippen molar-refractivity contribution in [1.29, 1.82) is 0 Å². The average molecular weight is 252 g/mol. The van der Waals surface area contributed by atoms with E-state index in [0.717, 1.165) is 19.3 Å². The van der Waals surface area contributed by atoms with E-state index in [1.165, 1.54) is 0 Å². The first-order valence-electron chi connectivity index (χ1n) is 6.35. The van der Waals surface area contributed by atoms with Gasteiger partial charge in [0.2, 0.25) is 0 Å². The van der Waals surface area contributed by atoms with E-state index in [1.807, 2.05) is 13.0 Å². The predicted molar refractivity (Wildman–Crippen MR) is 68.5 cm³/mol. The van der Waals surface area contributed by atoms with Crippen LogP contribution in [0, 0.1) is 0 Å². The van der Waals surface area contributed by atoms with Crippen LogP contribution < -0.4 is 4.74 Å². The summed E-state index contributed by atoms with van der Waals surface area (Å²) in [5, 5.41) is 0. The van der Waals surface area contributed by atoms with Crippen LogP contribution in [0.5, 0.6) is 5.75 Å². The maximum Gasteiger partial charge on any atom is 0.376 e. The molecule has 0 amide bonds. The number of ether oxygens (including phenoxy) is 1. The molecule has 0 saturated heterocycles. The molecule has 0 unspecified atom stereocenters. The summed E-state index contributed by atoms with van der Waals surface area (Å²) in [5.41, 5.74) is 0.384. The Labute approximate surface area is 108 Å². The smallest absolute Gasteiger partial charge is 0.376 e. The molecule has 0 bridgehead atoms. The number of benzene rings is 1. The maximum absolute atomic E-state index is 11.7. The lowest BCUT2D eigenvalue weighted by Gasteiger charge is -2.08. The van der Waals surface area contributed by atoms with Gasteiger partial charge < -0.3 is 4.74 Å². The van der Waals surface area contributed by atoms with Crippen molar-refractivity contribution >= 4 is 5.97 Å². The Morgan fingerprint density at radius 3 is 2.67 bits per heavy atom. The second kappa shape index (κ2) is 8.53. The number of unbranched alkanes of at least 4 members (excludes halogenated alkanes) is 2. The number of para-hydroxylation sites is 1. The number of hydrogen-bond acceptors (Lipinski definition) is 4. The Hall–Kier alpha value is -1.55. The molecule has 18 heavy (non-hydrogen) atoms. The van der Waals surface area contributed by atoms with Gasteiger partial charge in [0.1, 0.15) is 11.3 Å². The van der Waals surface area contributed by atoms with Crippen molar-refractivity contribution in [1.82, 2.24) is 0 Å². The van der Waals surface area contributed by atoms with E-state index in [9.17, 15) is 4.79 Å². The summed E-state index contributed by atoms with van der Waals surface area (Å²) in [6.45, 7) is 4.89. The van der Waals surface area contributed by atoms with Crippen LogP contribution in [0.15, 0.2) is 24.3 Å². The molecule has 0 aromatic heterocycles. The Morgan fingerprint density at radius 2 is 1.94 bits per heavy atom. The SMILES string of the molecule is CCCCCOOC(=O)c1ccccc1OCC. The fourth-order valence-electron chi connectivity index (χ4n) is 1.47. The van der Waals surface area contributed by atoms with E-state index in [4.69, 9.17) is 14.5 Å². The minimum atomic E-state index is -0.518. The molecule has 1 aromatic carbocycles. The Kier molecular flexibility index (Phi) is 6.87. The van der Waals surface area contributed by atoms with E-state index in [1.54, 1.807) is 18.2 Å². The Bertz CT molecular complexity index is 363. The van der Waals surface area contributed by atoms with Crippen molar-refractivity contribution in [2.45, 2.75) is 33.1 Å². The molecule has 1 aromatic rings. The zero-order valence-corrected chi connectivity index (χ0v) is 11.0. The molecule has 0 spiro atoms. The molecule has 0 fully saturated rings. The molecule has 4 nitrogen and oxygen atoms in total. The van der Waals surface area contributed by atoms with Crippen molar-refractivity contribution in [3.05, 3.63) is 29.8 Å². The summed E-state index contributed by atoms with van der Waals surface area (Å²) >= 11 is 0. The van der Waals surface area contributed by atoms with Crippen LogP contribution >= 0.6 is 0 Å². The minimum absolute atomic E-state index is 0.384. The van der Waals surface area contributed by atoms with Gasteiger partial charge in [0.05, 0.1) is 13.2 Å². The molecule has 4 heteroatoms. The summed E-state index contributed by atoms with van der Waals surface area (Å²) in [6, 6.07) is 6.96. The second-order valence-electron chi connectivity index (χ2n) is 3.83. The second-order valence-corrected chi connectivity index (χ2v) is 3.83. The van der Waals surface area contributed by atoms with Gasteiger partial charge in [-0.2, -0.15) is 4.89 Å². The molecular formula is C14H20O4. The number of carbonyl (C=O) groups is 1. The van der Waals surface area contributed by atoms with E-state index in [-0.39, 0.29) is 0 Å². The molecule has 100 valence electrons. The summed E-state index contributed by atoms with van der Waals surface area (Å²) in [5.74, 6) is -0.00212. The fourth-order valence-corrected chi connectivity index (χ4v) is 1.47. The van der Waals surface area contributed by atoms with Crippen LogP contribution in [0.1, 0.15) is 43.5 Å². The van der Waals surface area contributed by atoms with Crippen molar-refractivity contribution in [3.63, 3.8) is 0 Å². The van der Waals surface area contributed by atoms with Crippen LogP contribution in [0.3, 0.4) is 0 Å². The van der Waals surface area contributed by atoms with Gasteiger partial charge in [-0.15, -0.1) is 0 Å². The Morgan fingerprint density at radius 1 is 1.17 bits per heavy atom. The standard InChI is InChI=1S/C14H20O4/c1-3-5-8-11-17-18-14(15)12-9-6-7-10-13(12)16-4-2/h6-7,9-10H,3-5,8,11H2,1-2H3. The van der Waals surface area contributed by atoms with Gasteiger partial charge in [-0.3, -0.25) is 4.89 Å². The third-order valence-corrected chi connectivity index (χ3v) is 2.37. The minimum Gasteiger partial charge on any atom is -0.493 e. The number of rotatable bonds is 8. The zero-order valence-electron chi connectivity index (χ0n) is 11.0. The highest BCUT2D eigenvalue weighted by molar-refractivity contribution is 5.92. The third-order valence-electron chi connectivity index (χ3n) is 2.37. The van der Waals surface area contributed by atoms with Crippen LogP contribution in [0.4, 0.5) is 0 Å². The summed E-state index contributed by atoms with van der Waals surface area (Å²) < 4.78 is 5.35. The van der Waals surface area contributed by atoms with Gasteiger partial charge in [0.25, 0.3) is 0 Å². The monoisotopic (exact) mass is 252 g/mol. The molecule has 0 saturated carbocycles. The first-order chi connectivity index (χ1) is 8.79. The van der Waals surface area contributed by atoms with Crippen molar-refractivity contribution in [2.75, 3.05) is 13.2 Å². The highest BCUT2D eigenvalue weighted by Crippen LogP contribution is 2.18. The number of hydrogen-bond donors (Lipinski definition) is 0. The molecule has 0 aliphatic carbocycles. The molecule has 0 aliphatic heterocycles. The summed E-state index contributed by atoms with van der Waals surface area (Å²) in [4.78, 5) is 21.4. The average Bonchev–Trinajstić information content (AvgIpc) is 2.39. The van der Waals surface area contributed by atoms with Crippen molar-refractivity contribution in [2.24, 2.45) is 0 Å². The van der Waals surface area contributed by atoms with Crippen LogP contribution in [0.25, 0.3) is 0 Å². The fraction of sp³-hybridized carbons (Fsp3) is 0.500. The highest BCUT2D eigenvalue weighted by atomic mass is 17.2. The lowest BCUT2D eigenvalue weighted by atomic mass is 10.2. The largest absolute Gasteiger partial charge is 0.493 e. The normalized spacial score (nSPS) is 10.1. The summed E-state index contributed by atoms with van der Waals surface area (Å²) in [6.07, 6.45) is 3.05. The predicted octanol–water partition coefficient (Wildman–Crippen LogP) is 3.36. The molecule has 1 rings (SSSR count). The maximum atomic E-state index is 11.7. The highest BCUT2D eigenvalue weighted by Gasteiger charge is 2.14. The molecule has 0 atom stereocenters. The third kappa shape index (κ3) is 4.75. The van der Waals surface area contributed by atoms with Crippen LogP contribution in [0.2, 0.25) is 0 Å². The zero-order chi connectivity index (χ0) is 13.2. The van der Waals surface area contributed by atoms with Gasteiger partial charge in [-0.05, 0) is 25.5 Å². The van der Waals surface area contributed by atoms with Gasteiger partial charge in [-0.25, -0.2) is 4.79 Å². The topological polar surface area (TPSA) is 44.8 Å². The van der Waals surface area contributed by atoms with Crippen LogP contribution in [-0.4, -0.2) is 19.2 Å². The van der Waals surface area contributed by atoms with E-state index < -0.39 is 5.97 Å². The molecule has 0 radical (unpaired) electrons. The summed E-state index contributed by atoms with van der Waals surface area (Å²) in [7, 11) is 0. The van der Waals surface area contributed by atoms with E-state index in [0.29, 0.717) is 24.5 Å². The van der Waals surface area contributed by atoms with Gasteiger partial charge >= 0.3 is 5.97 Å². The first kappa shape index (κ1) is 14.5. The van der Waals surface area contributed by atoms with Crippen molar-refractivity contribution in [3.8, 4) is 5.75 Å². The van der Waals surface area contributed by atoms with E-state index in [2.05, 4.69) is 6.92 Å². The van der Waals surface area contributed by atoms with Crippen molar-refractivity contribution < 1.29 is 19.3 Å². The number of carbonyl (C=O) groups excluding carboxylic acids is 1. The van der Waals surface area contributed by atoms with Crippen LogP contribution in [-0.2, 0) is 9.78 Å². The Balaban J connectivity index is 2.45. The molecule has 0 N–H and O–H groups in total.